The third kappa shape index (κ3) is 3.77. The molecule has 0 radical (unpaired) electrons. The minimum atomic E-state index is -0.258. The van der Waals surface area contributed by atoms with Crippen molar-refractivity contribution in [1.29, 1.82) is 0 Å². The molecule has 0 aromatic heterocycles. The van der Waals surface area contributed by atoms with E-state index in [1.165, 1.54) is 12.1 Å². The van der Waals surface area contributed by atoms with Crippen LogP contribution in [-0.2, 0) is 9.53 Å². The van der Waals surface area contributed by atoms with Crippen LogP contribution >= 0.6 is 12.4 Å². The van der Waals surface area contributed by atoms with Gasteiger partial charge in [0.15, 0.2) is 0 Å². The average molecular weight is 329 g/mol. The molecule has 2 heterocycles. The fourth-order valence-electron chi connectivity index (χ4n) is 3.15. The van der Waals surface area contributed by atoms with E-state index >= 15 is 0 Å². The Morgan fingerprint density at radius 2 is 2.27 bits per heavy atom. The van der Waals surface area contributed by atoms with E-state index in [-0.39, 0.29) is 36.1 Å². The molecule has 22 heavy (non-hydrogen) atoms. The number of halogens is 2. The summed E-state index contributed by atoms with van der Waals surface area (Å²) in [7, 11) is 0. The van der Waals surface area contributed by atoms with Gasteiger partial charge in [-0.1, -0.05) is 12.1 Å². The van der Waals surface area contributed by atoms with Crippen LogP contribution in [0.2, 0.25) is 0 Å². The molecule has 2 aliphatic rings. The van der Waals surface area contributed by atoms with Gasteiger partial charge in [0.2, 0.25) is 5.91 Å². The summed E-state index contributed by atoms with van der Waals surface area (Å²) in [6, 6.07) is 6.45. The van der Waals surface area contributed by atoms with E-state index < -0.39 is 0 Å². The molecule has 2 unspecified atom stereocenters. The zero-order valence-electron chi connectivity index (χ0n) is 12.5. The Hall–Kier alpha value is -1.17. The van der Waals surface area contributed by atoms with Crippen molar-refractivity contribution in [3.63, 3.8) is 0 Å². The molecule has 1 aromatic rings. The van der Waals surface area contributed by atoms with Crippen LogP contribution in [-0.4, -0.2) is 43.7 Å². The van der Waals surface area contributed by atoms with Crippen LogP contribution in [0.4, 0.5) is 4.39 Å². The Morgan fingerprint density at radius 1 is 1.41 bits per heavy atom. The van der Waals surface area contributed by atoms with Crippen molar-refractivity contribution in [3.05, 3.63) is 35.6 Å². The topological polar surface area (TPSA) is 41.6 Å². The lowest BCUT2D eigenvalue weighted by Gasteiger charge is -2.39. The number of rotatable bonds is 2. The number of nitrogens with one attached hydrogen (secondary N) is 1. The molecule has 0 spiro atoms. The molecular weight excluding hydrogens is 307 g/mol. The Morgan fingerprint density at radius 3 is 3.00 bits per heavy atom. The van der Waals surface area contributed by atoms with Crippen molar-refractivity contribution in [2.24, 2.45) is 5.92 Å². The summed E-state index contributed by atoms with van der Waals surface area (Å²) in [5.74, 6) is -0.162. The summed E-state index contributed by atoms with van der Waals surface area (Å²) in [6.45, 7) is 3.38. The molecule has 2 aliphatic heterocycles. The van der Waals surface area contributed by atoms with E-state index in [0.717, 1.165) is 31.6 Å². The van der Waals surface area contributed by atoms with Crippen molar-refractivity contribution in [2.75, 3.05) is 32.8 Å². The van der Waals surface area contributed by atoms with Crippen LogP contribution in [0.5, 0.6) is 0 Å². The van der Waals surface area contributed by atoms with Gasteiger partial charge < -0.3 is 15.0 Å². The second-order valence-corrected chi connectivity index (χ2v) is 5.72. The lowest BCUT2D eigenvalue weighted by atomic mass is 9.97. The molecule has 0 saturated carbocycles. The molecular formula is C16H22ClFN2O2. The molecule has 1 aromatic carbocycles. The molecule has 1 amide bonds. The lowest BCUT2D eigenvalue weighted by molar-refractivity contribution is -0.143. The van der Waals surface area contributed by atoms with Crippen molar-refractivity contribution in [3.8, 4) is 0 Å². The fourth-order valence-corrected chi connectivity index (χ4v) is 3.15. The Labute approximate surface area is 136 Å². The van der Waals surface area contributed by atoms with Gasteiger partial charge in [0, 0.05) is 26.2 Å². The molecule has 4 nitrogen and oxygen atoms in total. The summed E-state index contributed by atoms with van der Waals surface area (Å²) in [5.41, 5.74) is 0.854. The van der Waals surface area contributed by atoms with E-state index in [1.54, 1.807) is 6.07 Å². The highest BCUT2D eigenvalue weighted by Gasteiger charge is 2.33. The van der Waals surface area contributed by atoms with Gasteiger partial charge in [-0.15, -0.1) is 12.4 Å². The predicted molar refractivity (Wildman–Crippen MR) is 84.5 cm³/mol. The van der Waals surface area contributed by atoms with E-state index in [0.29, 0.717) is 19.7 Å². The average Bonchev–Trinajstić information content (AvgIpc) is 2.55. The first-order chi connectivity index (χ1) is 10.3. The van der Waals surface area contributed by atoms with Crippen molar-refractivity contribution < 1.29 is 13.9 Å². The van der Waals surface area contributed by atoms with E-state index in [1.807, 2.05) is 11.0 Å². The number of ether oxygens (including phenoxy) is 1. The number of piperazine rings is 1. The largest absolute Gasteiger partial charge is 0.381 e. The number of hydrogen-bond donors (Lipinski definition) is 1. The van der Waals surface area contributed by atoms with Crippen molar-refractivity contribution in [2.45, 2.75) is 18.9 Å². The lowest BCUT2D eigenvalue weighted by Crippen LogP contribution is -2.51. The van der Waals surface area contributed by atoms with Crippen LogP contribution in [0.25, 0.3) is 0 Å². The molecule has 1 N–H and O–H groups in total. The Kier molecular flexibility index (Phi) is 6.17. The number of carbonyl (C=O) groups is 1. The smallest absolute Gasteiger partial charge is 0.228 e. The van der Waals surface area contributed by atoms with E-state index in [2.05, 4.69) is 5.32 Å². The maximum atomic E-state index is 13.5. The van der Waals surface area contributed by atoms with Crippen LogP contribution in [0.1, 0.15) is 24.4 Å². The van der Waals surface area contributed by atoms with Gasteiger partial charge in [-0.05, 0) is 30.5 Å². The van der Waals surface area contributed by atoms with E-state index in [4.69, 9.17) is 4.74 Å². The Bertz CT molecular complexity index is 509. The zero-order valence-corrected chi connectivity index (χ0v) is 13.3. The summed E-state index contributed by atoms with van der Waals surface area (Å²) in [4.78, 5) is 14.6. The molecule has 0 bridgehead atoms. The van der Waals surface area contributed by atoms with Crippen LogP contribution in [0, 0.1) is 11.7 Å². The molecule has 2 atom stereocenters. The maximum Gasteiger partial charge on any atom is 0.228 e. The van der Waals surface area contributed by atoms with Crippen LogP contribution in [0.15, 0.2) is 24.3 Å². The fraction of sp³-hybridized carbons (Fsp3) is 0.562. The highest BCUT2D eigenvalue weighted by molar-refractivity contribution is 5.85. The first kappa shape index (κ1) is 17.2. The molecule has 0 aliphatic carbocycles. The maximum absolute atomic E-state index is 13.5. The Balaban J connectivity index is 0.00000176. The molecule has 2 saturated heterocycles. The number of carbonyl (C=O) groups excluding carboxylic acids is 1. The summed E-state index contributed by atoms with van der Waals surface area (Å²) in [6.07, 6.45) is 1.83. The van der Waals surface area contributed by atoms with Gasteiger partial charge in [0.25, 0.3) is 0 Å². The summed E-state index contributed by atoms with van der Waals surface area (Å²) in [5, 5.41) is 3.29. The normalized spacial score (nSPS) is 25.4. The third-order valence-electron chi connectivity index (χ3n) is 4.27. The minimum Gasteiger partial charge on any atom is -0.381 e. The van der Waals surface area contributed by atoms with E-state index in [9.17, 15) is 9.18 Å². The van der Waals surface area contributed by atoms with Crippen molar-refractivity contribution >= 4 is 18.3 Å². The SMILES string of the molecule is Cl.O=C(C1CCCOC1)N1CCNCC1c1cccc(F)c1. The number of hydrogen-bond acceptors (Lipinski definition) is 3. The zero-order chi connectivity index (χ0) is 14.7. The van der Waals surface area contributed by atoms with Crippen molar-refractivity contribution in [1.82, 2.24) is 10.2 Å². The van der Waals surface area contributed by atoms with Gasteiger partial charge >= 0.3 is 0 Å². The molecule has 6 heteroatoms. The quantitative estimate of drug-likeness (QED) is 0.904. The third-order valence-corrected chi connectivity index (χ3v) is 4.27. The highest BCUT2D eigenvalue weighted by atomic mass is 35.5. The number of amides is 1. The van der Waals surface area contributed by atoms with Gasteiger partial charge in [-0.3, -0.25) is 4.79 Å². The van der Waals surface area contributed by atoms with Gasteiger partial charge in [0.05, 0.1) is 18.6 Å². The summed E-state index contributed by atoms with van der Waals surface area (Å²) >= 11 is 0. The van der Waals surface area contributed by atoms with Gasteiger partial charge in [-0.25, -0.2) is 4.39 Å². The molecule has 3 rings (SSSR count). The predicted octanol–water partition coefficient (Wildman–Crippen LogP) is 2.15. The number of benzene rings is 1. The monoisotopic (exact) mass is 328 g/mol. The second-order valence-electron chi connectivity index (χ2n) is 5.72. The standard InChI is InChI=1S/C16H21FN2O2.ClH/c17-14-5-1-3-12(9-14)15-10-18-6-7-19(15)16(20)13-4-2-8-21-11-13;/h1,3,5,9,13,15,18H,2,4,6-8,10-11H2;1H. The first-order valence-electron chi connectivity index (χ1n) is 7.60. The number of nitrogens with zero attached hydrogens (tertiary/aromatic N) is 1. The molecule has 2 fully saturated rings. The highest BCUT2D eigenvalue weighted by Crippen LogP contribution is 2.26. The minimum absolute atomic E-state index is 0. The first-order valence-corrected chi connectivity index (χ1v) is 7.60. The van der Waals surface area contributed by atoms with Gasteiger partial charge in [-0.2, -0.15) is 0 Å². The summed E-state index contributed by atoms with van der Waals surface area (Å²) < 4.78 is 18.9. The molecule has 122 valence electrons. The second kappa shape index (κ2) is 7.90. The van der Waals surface area contributed by atoms with Crippen LogP contribution < -0.4 is 5.32 Å². The van der Waals surface area contributed by atoms with Gasteiger partial charge in [0.1, 0.15) is 5.82 Å². The van der Waals surface area contributed by atoms with Crippen LogP contribution in [0.3, 0.4) is 0 Å².